The van der Waals surface area contributed by atoms with Gasteiger partial charge in [0.15, 0.2) is 0 Å². The second-order valence-corrected chi connectivity index (χ2v) is 6.84. The molecule has 2 aromatic rings. The summed E-state index contributed by atoms with van der Waals surface area (Å²) in [5.74, 6) is -0.534. The number of thiocarbonyl (C=S) groups is 1. The highest BCUT2D eigenvalue weighted by molar-refractivity contribution is 8.26. The van der Waals surface area contributed by atoms with Gasteiger partial charge in [0.1, 0.15) is 10.1 Å². The fraction of sp³-hybridized carbons (Fsp3) is 0.111. The summed E-state index contributed by atoms with van der Waals surface area (Å²) in [5, 5.41) is 0. The molecule has 1 fully saturated rings. The predicted molar refractivity (Wildman–Crippen MR) is 96.3 cm³/mol. The molecule has 1 amide bonds. The van der Waals surface area contributed by atoms with Gasteiger partial charge in [-0.1, -0.05) is 72.5 Å². The number of rotatable bonds is 3. The third-order valence-corrected chi connectivity index (χ3v) is 5.02. The van der Waals surface area contributed by atoms with E-state index in [9.17, 15) is 9.18 Å². The molecular weight excluding hydrogens is 329 g/mol. The summed E-state index contributed by atoms with van der Waals surface area (Å²) in [4.78, 5) is 14.7. The van der Waals surface area contributed by atoms with Crippen LogP contribution in [0.25, 0.3) is 6.08 Å². The Kier molecular flexibility index (Phi) is 4.59. The van der Waals surface area contributed by atoms with E-state index in [2.05, 4.69) is 0 Å². The first-order valence-corrected chi connectivity index (χ1v) is 8.37. The van der Waals surface area contributed by atoms with Gasteiger partial charge < -0.3 is 0 Å². The van der Waals surface area contributed by atoms with E-state index in [1.165, 1.54) is 17.8 Å². The third-order valence-electron chi connectivity index (χ3n) is 3.68. The number of halogens is 1. The minimum absolute atomic E-state index is 0.157. The van der Waals surface area contributed by atoms with Crippen molar-refractivity contribution < 1.29 is 9.18 Å². The highest BCUT2D eigenvalue weighted by Crippen LogP contribution is 2.38. The molecule has 5 heteroatoms. The molecule has 0 aliphatic carbocycles. The monoisotopic (exact) mass is 343 g/mol. The number of amides is 1. The fourth-order valence-electron chi connectivity index (χ4n) is 2.43. The molecule has 0 N–H and O–H groups in total. The molecule has 0 aromatic heterocycles. The fourth-order valence-corrected chi connectivity index (χ4v) is 3.84. The van der Waals surface area contributed by atoms with Crippen LogP contribution in [0.5, 0.6) is 0 Å². The van der Waals surface area contributed by atoms with E-state index in [1.807, 2.05) is 37.3 Å². The van der Waals surface area contributed by atoms with E-state index >= 15 is 0 Å². The molecule has 116 valence electrons. The van der Waals surface area contributed by atoms with Crippen molar-refractivity contribution >= 4 is 40.3 Å². The van der Waals surface area contributed by atoms with Crippen LogP contribution in [-0.4, -0.2) is 15.1 Å². The molecule has 0 bridgehead atoms. The minimum Gasteiger partial charge on any atom is -0.286 e. The molecule has 3 rings (SSSR count). The summed E-state index contributed by atoms with van der Waals surface area (Å²) in [7, 11) is 0. The first-order chi connectivity index (χ1) is 11.1. The van der Waals surface area contributed by atoms with Crippen LogP contribution in [0.15, 0.2) is 59.5 Å². The summed E-state index contributed by atoms with van der Waals surface area (Å²) in [6.45, 7) is 1.94. The van der Waals surface area contributed by atoms with Crippen LogP contribution in [0.2, 0.25) is 0 Å². The van der Waals surface area contributed by atoms with E-state index in [-0.39, 0.29) is 17.8 Å². The molecule has 1 aliphatic rings. The van der Waals surface area contributed by atoms with E-state index in [4.69, 9.17) is 12.2 Å². The molecule has 1 aliphatic heterocycles. The second kappa shape index (κ2) is 6.64. The maximum Gasteiger partial charge on any atom is 0.266 e. The van der Waals surface area contributed by atoms with Gasteiger partial charge in [0.05, 0.1) is 10.9 Å². The van der Waals surface area contributed by atoms with Gasteiger partial charge in [-0.15, -0.1) is 0 Å². The van der Waals surface area contributed by atoms with E-state index < -0.39 is 0 Å². The molecule has 0 spiro atoms. The van der Waals surface area contributed by atoms with Gasteiger partial charge in [-0.25, -0.2) is 4.39 Å². The Morgan fingerprint density at radius 1 is 1.13 bits per heavy atom. The number of carbonyl (C=O) groups excluding carboxylic acids is 1. The van der Waals surface area contributed by atoms with Crippen LogP contribution in [-0.2, 0) is 4.79 Å². The van der Waals surface area contributed by atoms with Gasteiger partial charge in [-0.3, -0.25) is 9.69 Å². The molecular formula is C18H14FNOS2. The Morgan fingerprint density at radius 2 is 1.78 bits per heavy atom. The minimum atomic E-state index is -0.353. The second-order valence-electron chi connectivity index (χ2n) is 5.16. The zero-order chi connectivity index (χ0) is 16.4. The van der Waals surface area contributed by atoms with Crippen LogP contribution in [0, 0.1) is 5.82 Å². The van der Waals surface area contributed by atoms with Crippen molar-refractivity contribution in [2.75, 3.05) is 0 Å². The summed E-state index contributed by atoms with van der Waals surface area (Å²) < 4.78 is 14.3. The van der Waals surface area contributed by atoms with Crippen molar-refractivity contribution in [1.29, 1.82) is 0 Å². The van der Waals surface area contributed by atoms with Crippen LogP contribution in [0.1, 0.15) is 24.1 Å². The molecule has 0 saturated carbocycles. The van der Waals surface area contributed by atoms with Crippen molar-refractivity contribution in [3.8, 4) is 0 Å². The van der Waals surface area contributed by atoms with Gasteiger partial charge in [-0.2, -0.15) is 0 Å². The lowest BCUT2D eigenvalue weighted by Crippen LogP contribution is -2.30. The average Bonchev–Trinajstić information content (AvgIpc) is 2.84. The number of hydrogen-bond donors (Lipinski definition) is 0. The lowest BCUT2D eigenvalue weighted by atomic mass is 10.1. The number of thioether (sulfide) groups is 1. The lowest BCUT2D eigenvalue weighted by molar-refractivity contribution is -0.123. The molecule has 0 radical (unpaired) electrons. The van der Waals surface area contributed by atoms with Crippen molar-refractivity contribution in [1.82, 2.24) is 4.90 Å². The van der Waals surface area contributed by atoms with Gasteiger partial charge in [0.2, 0.25) is 0 Å². The van der Waals surface area contributed by atoms with Crippen LogP contribution in [0.4, 0.5) is 4.39 Å². The number of carbonyl (C=O) groups is 1. The van der Waals surface area contributed by atoms with Crippen LogP contribution in [0.3, 0.4) is 0 Å². The normalized spacial score (nSPS) is 17.8. The van der Waals surface area contributed by atoms with E-state index in [0.29, 0.717) is 14.8 Å². The van der Waals surface area contributed by atoms with Crippen molar-refractivity contribution in [2.45, 2.75) is 13.0 Å². The lowest BCUT2D eigenvalue weighted by Gasteiger charge is -2.23. The Morgan fingerprint density at radius 3 is 2.48 bits per heavy atom. The molecule has 1 atom stereocenters. The summed E-state index contributed by atoms with van der Waals surface area (Å²) in [6, 6.07) is 15.9. The Balaban J connectivity index is 1.90. The summed E-state index contributed by atoms with van der Waals surface area (Å²) >= 11 is 6.56. The quantitative estimate of drug-likeness (QED) is 0.590. The zero-order valence-corrected chi connectivity index (χ0v) is 14.0. The third kappa shape index (κ3) is 3.21. The summed E-state index contributed by atoms with van der Waals surface area (Å²) in [5.41, 5.74) is 1.40. The predicted octanol–water partition coefficient (Wildman–Crippen LogP) is 4.79. The van der Waals surface area contributed by atoms with Crippen LogP contribution >= 0.6 is 24.0 Å². The standard InChI is InChI=1S/C18H14FNOS2/c1-12(13-7-3-2-4-8-13)20-17(21)16(23-18(20)22)11-14-9-5-6-10-15(14)19/h2-12H,1H3/b16-11+/t12-/m0/s1. The van der Waals surface area contributed by atoms with Gasteiger partial charge in [0, 0.05) is 5.56 Å². The Labute approximate surface area is 144 Å². The van der Waals surface area contributed by atoms with E-state index in [0.717, 1.165) is 5.56 Å². The zero-order valence-electron chi connectivity index (χ0n) is 12.4. The summed E-state index contributed by atoms with van der Waals surface area (Å²) in [6.07, 6.45) is 1.56. The number of nitrogens with zero attached hydrogens (tertiary/aromatic N) is 1. The topological polar surface area (TPSA) is 20.3 Å². The molecule has 1 heterocycles. The maximum absolute atomic E-state index is 13.8. The Bertz CT molecular complexity index is 789. The SMILES string of the molecule is C[C@@H](c1ccccc1)N1C(=O)/C(=C\c2ccccc2F)SC1=S. The Hall–Kier alpha value is -1.98. The van der Waals surface area contributed by atoms with Crippen molar-refractivity contribution in [3.05, 3.63) is 76.4 Å². The molecule has 23 heavy (non-hydrogen) atoms. The molecule has 0 unspecified atom stereocenters. The number of hydrogen-bond acceptors (Lipinski definition) is 3. The van der Waals surface area contributed by atoms with Crippen molar-refractivity contribution in [3.63, 3.8) is 0 Å². The van der Waals surface area contributed by atoms with Gasteiger partial charge in [-0.05, 0) is 24.6 Å². The smallest absolute Gasteiger partial charge is 0.266 e. The van der Waals surface area contributed by atoms with Crippen molar-refractivity contribution in [2.24, 2.45) is 0 Å². The van der Waals surface area contributed by atoms with Gasteiger partial charge >= 0.3 is 0 Å². The molecule has 2 aromatic carbocycles. The largest absolute Gasteiger partial charge is 0.286 e. The molecule has 2 nitrogen and oxygen atoms in total. The average molecular weight is 343 g/mol. The highest BCUT2D eigenvalue weighted by Gasteiger charge is 2.35. The van der Waals surface area contributed by atoms with Crippen LogP contribution < -0.4 is 0 Å². The first kappa shape index (κ1) is 15.9. The number of benzene rings is 2. The van der Waals surface area contributed by atoms with E-state index in [1.54, 1.807) is 29.2 Å². The first-order valence-electron chi connectivity index (χ1n) is 7.14. The van der Waals surface area contributed by atoms with Gasteiger partial charge in [0.25, 0.3) is 5.91 Å². The maximum atomic E-state index is 13.8. The highest BCUT2D eigenvalue weighted by atomic mass is 32.2. The molecule has 1 saturated heterocycles.